The molecular weight excluding hydrogens is 192 g/mol. The molecule has 4 nitrogen and oxygen atoms in total. The van der Waals surface area contributed by atoms with Crippen LogP contribution in [0.1, 0.15) is 33.1 Å². The second kappa shape index (κ2) is 5.85. The molecule has 86 valence electrons. The van der Waals surface area contributed by atoms with Crippen LogP contribution in [-0.2, 0) is 9.59 Å². The second-order valence-electron chi connectivity index (χ2n) is 3.94. The molecule has 0 aromatic heterocycles. The number of hydrogen-bond donors (Lipinski definition) is 1. The van der Waals surface area contributed by atoms with Crippen LogP contribution in [0.3, 0.4) is 0 Å². The van der Waals surface area contributed by atoms with Crippen molar-refractivity contribution in [2.45, 2.75) is 33.1 Å². The van der Waals surface area contributed by atoms with Crippen molar-refractivity contribution in [1.29, 1.82) is 0 Å². The van der Waals surface area contributed by atoms with Crippen molar-refractivity contribution in [2.24, 2.45) is 5.92 Å². The van der Waals surface area contributed by atoms with E-state index in [1.165, 1.54) is 4.90 Å². The van der Waals surface area contributed by atoms with Gasteiger partial charge in [0.05, 0.1) is 0 Å². The average molecular weight is 212 g/mol. The molecule has 0 radical (unpaired) electrons. The molecule has 0 spiro atoms. The Balaban J connectivity index is 2.34. The van der Waals surface area contributed by atoms with Gasteiger partial charge in [-0.2, -0.15) is 0 Å². The largest absolute Gasteiger partial charge is 0.315 e. The fourth-order valence-electron chi connectivity index (χ4n) is 1.80. The number of nitrogens with one attached hydrogen (secondary N) is 1. The SMILES string of the molecule is CCCNCCN1C(=O)CC(CC)C1=O. The lowest BCUT2D eigenvalue weighted by Crippen LogP contribution is -2.36. The number of carbonyl (C=O) groups is 2. The Morgan fingerprint density at radius 2 is 2.07 bits per heavy atom. The van der Waals surface area contributed by atoms with Crippen LogP contribution in [0.15, 0.2) is 0 Å². The lowest BCUT2D eigenvalue weighted by molar-refractivity contribution is -0.139. The fraction of sp³-hybridized carbons (Fsp3) is 0.818. The summed E-state index contributed by atoms with van der Waals surface area (Å²) >= 11 is 0. The molecule has 0 aromatic rings. The molecule has 1 atom stereocenters. The van der Waals surface area contributed by atoms with Crippen molar-refractivity contribution in [3.8, 4) is 0 Å². The predicted octanol–water partition coefficient (Wildman–Crippen LogP) is 0.771. The summed E-state index contributed by atoms with van der Waals surface area (Å²) in [5.41, 5.74) is 0. The van der Waals surface area contributed by atoms with E-state index < -0.39 is 0 Å². The summed E-state index contributed by atoms with van der Waals surface area (Å²) in [6.45, 7) is 6.21. The van der Waals surface area contributed by atoms with Crippen LogP contribution in [0.2, 0.25) is 0 Å². The number of carbonyl (C=O) groups excluding carboxylic acids is 2. The van der Waals surface area contributed by atoms with Crippen LogP contribution in [0.25, 0.3) is 0 Å². The molecule has 1 rings (SSSR count). The van der Waals surface area contributed by atoms with Gasteiger partial charge in [-0.3, -0.25) is 14.5 Å². The van der Waals surface area contributed by atoms with Gasteiger partial charge in [0, 0.05) is 25.4 Å². The number of rotatable bonds is 6. The van der Waals surface area contributed by atoms with Crippen molar-refractivity contribution in [3.63, 3.8) is 0 Å². The van der Waals surface area contributed by atoms with E-state index in [0.29, 0.717) is 19.5 Å². The van der Waals surface area contributed by atoms with Crippen LogP contribution in [-0.4, -0.2) is 36.3 Å². The molecule has 1 N–H and O–H groups in total. The van der Waals surface area contributed by atoms with E-state index >= 15 is 0 Å². The molecule has 1 unspecified atom stereocenters. The van der Waals surface area contributed by atoms with Gasteiger partial charge in [-0.05, 0) is 19.4 Å². The highest BCUT2D eigenvalue weighted by Gasteiger charge is 2.36. The third kappa shape index (κ3) is 3.02. The monoisotopic (exact) mass is 212 g/mol. The molecule has 4 heteroatoms. The highest BCUT2D eigenvalue weighted by atomic mass is 16.2. The van der Waals surface area contributed by atoms with E-state index in [4.69, 9.17) is 0 Å². The minimum atomic E-state index is -0.0660. The zero-order chi connectivity index (χ0) is 11.3. The van der Waals surface area contributed by atoms with Crippen molar-refractivity contribution >= 4 is 11.8 Å². The first-order valence-electron chi connectivity index (χ1n) is 5.75. The molecule has 0 aromatic carbocycles. The van der Waals surface area contributed by atoms with Gasteiger partial charge in [-0.1, -0.05) is 13.8 Å². The number of hydrogen-bond acceptors (Lipinski definition) is 3. The molecule has 1 aliphatic heterocycles. The van der Waals surface area contributed by atoms with Crippen molar-refractivity contribution < 1.29 is 9.59 Å². The normalized spacial score (nSPS) is 21.5. The summed E-state index contributed by atoms with van der Waals surface area (Å²) in [6.07, 6.45) is 2.24. The predicted molar refractivity (Wildman–Crippen MR) is 58.3 cm³/mol. The van der Waals surface area contributed by atoms with Crippen molar-refractivity contribution in [1.82, 2.24) is 10.2 Å². The lowest BCUT2D eigenvalue weighted by Gasteiger charge is -2.14. The van der Waals surface area contributed by atoms with Crippen LogP contribution >= 0.6 is 0 Å². The highest BCUT2D eigenvalue weighted by Crippen LogP contribution is 2.21. The van der Waals surface area contributed by atoms with E-state index in [9.17, 15) is 9.59 Å². The Morgan fingerprint density at radius 1 is 1.33 bits per heavy atom. The molecule has 2 amide bonds. The Morgan fingerprint density at radius 3 is 2.60 bits per heavy atom. The summed E-state index contributed by atoms with van der Waals surface area (Å²) in [5, 5.41) is 3.19. The van der Waals surface area contributed by atoms with Gasteiger partial charge in [-0.15, -0.1) is 0 Å². The molecule has 1 heterocycles. The Bertz CT molecular complexity index is 241. The van der Waals surface area contributed by atoms with Crippen LogP contribution in [0.5, 0.6) is 0 Å². The number of imide groups is 1. The fourth-order valence-corrected chi connectivity index (χ4v) is 1.80. The maximum Gasteiger partial charge on any atom is 0.232 e. The minimum Gasteiger partial charge on any atom is -0.315 e. The van der Waals surface area contributed by atoms with E-state index in [2.05, 4.69) is 12.2 Å². The highest BCUT2D eigenvalue weighted by molar-refractivity contribution is 6.03. The number of amides is 2. The van der Waals surface area contributed by atoms with Gasteiger partial charge in [0.15, 0.2) is 0 Å². The zero-order valence-corrected chi connectivity index (χ0v) is 9.58. The first-order valence-corrected chi connectivity index (χ1v) is 5.75. The zero-order valence-electron chi connectivity index (χ0n) is 9.58. The molecule has 15 heavy (non-hydrogen) atoms. The maximum atomic E-state index is 11.7. The van der Waals surface area contributed by atoms with Gasteiger partial charge < -0.3 is 5.32 Å². The average Bonchev–Trinajstić information content (AvgIpc) is 2.50. The topological polar surface area (TPSA) is 49.4 Å². The third-order valence-corrected chi connectivity index (χ3v) is 2.77. The Hall–Kier alpha value is -0.900. The van der Waals surface area contributed by atoms with Gasteiger partial charge in [-0.25, -0.2) is 0 Å². The van der Waals surface area contributed by atoms with Crippen molar-refractivity contribution in [3.05, 3.63) is 0 Å². The summed E-state index contributed by atoms with van der Waals surface area (Å²) < 4.78 is 0. The van der Waals surface area contributed by atoms with Crippen LogP contribution in [0.4, 0.5) is 0 Å². The number of nitrogens with zero attached hydrogens (tertiary/aromatic N) is 1. The van der Waals surface area contributed by atoms with E-state index in [0.717, 1.165) is 19.4 Å². The van der Waals surface area contributed by atoms with E-state index in [-0.39, 0.29) is 17.7 Å². The molecular formula is C11H20N2O2. The second-order valence-corrected chi connectivity index (χ2v) is 3.94. The quantitative estimate of drug-likeness (QED) is 0.522. The Labute approximate surface area is 91.0 Å². The molecule has 1 saturated heterocycles. The standard InChI is InChI=1S/C11H20N2O2/c1-3-5-12-6-7-13-10(14)8-9(4-2)11(13)15/h9,12H,3-8H2,1-2H3. The van der Waals surface area contributed by atoms with Gasteiger partial charge in [0.1, 0.15) is 0 Å². The van der Waals surface area contributed by atoms with Crippen LogP contribution < -0.4 is 5.32 Å². The molecule has 0 saturated carbocycles. The van der Waals surface area contributed by atoms with Crippen LogP contribution in [0, 0.1) is 5.92 Å². The minimum absolute atomic E-state index is 0.00912. The summed E-state index contributed by atoms with van der Waals surface area (Å²) in [6, 6.07) is 0. The molecule has 1 fully saturated rings. The molecule has 1 aliphatic rings. The summed E-state index contributed by atoms with van der Waals surface area (Å²) in [4.78, 5) is 24.6. The lowest BCUT2D eigenvalue weighted by atomic mass is 10.1. The first kappa shape index (κ1) is 12.2. The van der Waals surface area contributed by atoms with E-state index in [1.807, 2.05) is 6.92 Å². The first-order chi connectivity index (χ1) is 7.20. The maximum absolute atomic E-state index is 11.7. The summed E-state index contributed by atoms with van der Waals surface area (Å²) in [5.74, 6) is -0.0605. The van der Waals surface area contributed by atoms with E-state index in [1.54, 1.807) is 0 Å². The van der Waals surface area contributed by atoms with Gasteiger partial charge >= 0.3 is 0 Å². The third-order valence-electron chi connectivity index (χ3n) is 2.77. The smallest absolute Gasteiger partial charge is 0.232 e. The molecule has 0 bridgehead atoms. The molecule has 0 aliphatic carbocycles. The van der Waals surface area contributed by atoms with Gasteiger partial charge in [0.2, 0.25) is 11.8 Å². The Kier molecular flexibility index (Phi) is 4.75. The van der Waals surface area contributed by atoms with Crippen molar-refractivity contribution in [2.75, 3.05) is 19.6 Å². The van der Waals surface area contributed by atoms with Gasteiger partial charge in [0.25, 0.3) is 0 Å². The summed E-state index contributed by atoms with van der Waals surface area (Å²) in [7, 11) is 0. The number of likely N-dealkylation sites (tertiary alicyclic amines) is 1.